The van der Waals surface area contributed by atoms with Gasteiger partial charge in [-0.05, 0) is 6.08 Å². The molecule has 10 heavy (non-hydrogen) atoms. The predicted molar refractivity (Wildman–Crippen MR) is 43.6 cm³/mol. The van der Waals surface area contributed by atoms with Crippen LogP contribution in [0.15, 0.2) is 29.1 Å². The number of aromatic nitrogens is 1. The smallest absolute Gasteiger partial charge is 0.226 e. The van der Waals surface area contributed by atoms with Crippen LogP contribution in [0.2, 0.25) is 0 Å². The molecule has 0 aliphatic carbocycles. The highest BCUT2D eigenvalue weighted by Gasteiger charge is 2.08. The van der Waals surface area contributed by atoms with Gasteiger partial charge in [0.1, 0.15) is 5.75 Å². The topological polar surface area (TPSA) is 36.0 Å². The van der Waals surface area contributed by atoms with Gasteiger partial charge in [0.2, 0.25) is 4.21 Å². The summed E-state index contributed by atoms with van der Waals surface area (Å²) in [5, 5.41) is 0. The molecular weight excluding hydrogens is 166 g/mol. The Balaban J connectivity index is 2.58. The molecule has 1 atom stereocenters. The van der Waals surface area contributed by atoms with Gasteiger partial charge in [-0.25, -0.2) is 0 Å². The minimum Gasteiger partial charge on any atom is -0.611 e. The molecule has 0 aliphatic heterocycles. The largest absolute Gasteiger partial charge is 0.611 e. The fourth-order valence-electron chi connectivity index (χ4n) is 0.511. The van der Waals surface area contributed by atoms with E-state index < -0.39 is 11.2 Å². The summed E-state index contributed by atoms with van der Waals surface area (Å²) in [4.78, 5) is 0. The Morgan fingerprint density at radius 1 is 1.90 bits per heavy atom. The summed E-state index contributed by atoms with van der Waals surface area (Å²) in [6.07, 6.45) is 3.30. The Morgan fingerprint density at radius 2 is 2.70 bits per heavy atom. The molecule has 2 nitrogen and oxygen atoms in total. The highest BCUT2D eigenvalue weighted by molar-refractivity contribution is 7.93. The van der Waals surface area contributed by atoms with Crippen LogP contribution in [0.4, 0.5) is 0 Å². The zero-order valence-electron chi connectivity index (χ0n) is 5.32. The van der Waals surface area contributed by atoms with Crippen LogP contribution in [-0.4, -0.2) is 14.7 Å². The summed E-state index contributed by atoms with van der Waals surface area (Å²) in [5.74, 6) is 0.516. The normalized spacial score (nSPS) is 12.9. The predicted octanol–water partition coefficient (Wildman–Crippen LogP) is 1.44. The monoisotopic (exact) mass is 173 g/mol. The van der Waals surface area contributed by atoms with Crippen molar-refractivity contribution in [1.29, 1.82) is 0 Å². The zero-order chi connectivity index (χ0) is 7.40. The molecule has 1 unspecified atom stereocenters. The molecular formula is C6H7NOS2. The van der Waals surface area contributed by atoms with Crippen molar-refractivity contribution in [2.75, 3.05) is 5.75 Å². The van der Waals surface area contributed by atoms with Crippen molar-refractivity contribution < 1.29 is 4.55 Å². The second-order valence-electron chi connectivity index (χ2n) is 1.63. The molecule has 0 saturated carbocycles. The van der Waals surface area contributed by atoms with E-state index in [1.165, 1.54) is 11.5 Å². The molecule has 0 aliphatic rings. The Bertz CT molecular complexity index is 198. The van der Waals surface area contributed by atoms with E-state index in [-0.39, 0.29) is 0 Å². The van der Waals surface area contributed by atoms with Gasteiger partial charge in [-0.1, -0.05) is 6.58 Å². The van der Waals surface area contributed by atoms with Crippen molar-refractivity contribution in [2.45, 2.75) is 4.21 Å². The number of hydrogen-bond acceptors (Lipinski definition) is 3. The minimum absolute atomic E-state index is 0.516. The van der Waals surface area contributed by atoms with Crippen molar-refractivity contribution in [1.82, 2.24) is 4.37 Å². The summed E-state index contributed by atoms with van der Waals surface area (Å²) < 4.78 is 15.8. The molecule has 1 aromatic heterocycles. The Kier molecular flexibility index (Phi) is 2.92. The molecule has 0 bridgehead atoms. The Labute approximate surface area is 66.9 Å². The van der Waals surface area contributed by atoms with Crippen LogP contribution in [0.25, 0.3) is 0 Å². The fourth-order valence-corrected chi connectivity index (χ4v) is 2.11. The van der Waals surface area contributed by atoms with Gasteiger partial charge in [0.25, 0.3) is 0 Å². The van der Waals surface area contributed by atoms with E-state index in [1.54, 1.807) is 18.3 Å². The van der Waals surface area contributed by atoms with E-state index in [9.17, 15) is 4.55 Å². The lowest BCUT2D eigenvalue weighted by Crippen LogP contribution is -2.01. The molecule has 1 heterocycles. The summed E-state index contributed by atoms with van der Waals surface area (Å²) in [7, 11) is 0. The molecule has 0 fully saturated rings. The fraction of sp³-hybridized carbons (Fsp3) is 0.167. The van der Waals surface area contributed by atoms with Gasteiger partial charge < -0.3 is 4.55 Å². The quantitative estimate of drug-likeness (QED) is 0.512. The second-order valence-corrected chi connectivity index (χ2v) is 4.19. The van der Waals surface area contributed by atoms with Crippen LogP contribution in [0, 0.1) is 0 Å². The average molecular weight is 173 g/mol. The van der Waals surface area contributed by atoms with E-state index in [0.29, 0.717) is 5.75 Å². The number of nitrogens with zero attached hydrogens (tertiary/aromatic N) is 1. The van der Waals surface area contributed by atoms with Gasteiger partial charge in [-0.15, -0.1) is 0 Å². The first-order valence-corrected chi connectivity index (χ1v) is 4.84. The molecule has 0 N–H and O–H groups in total. The molecule has 0 aromatic carbocycles. The van der Waals surface area contributed by atoms with E-state index in [0.717, 1.165) is 4.21 Å². The van der Waals surface area contributed by atoms with Gasteiger partial charge in [0.05, 0.1) is 0 Å². The van der Waals surface area contributed by atoms with E-state index in [1.807, 2.05) is 0 Å². The Morgan fingerprint density at radius 3 is 3.20 bits per heavy atom. The van der Waals surface area contributed by atoms with Crippen LogP contribution in [0.5, 0.6) is 0 Å². The molecule has 1 rings (SSSR count). The minimum atomic E-state index is -0.914. The number of rotatable bonds is 3. The van der Waals surface area contributed by atoms with E-state index in [2.05, 4.69) is 11.0 Å². The third-order valence-corrected chi connectivity index (χ3v) is 3.36. The van der Waals surface area contributed by atoms with Crippen LogP contribution in [-0.2, 0) is 11.2 Å². The van der Waals surface area contributed by atoms with Crippen molar-refractivity contribution in [3.05, 3.63) is 24.9 Å². The van der Waals surface area contributed by atoms with Gasteiger partial charge >= 0.3 is 0 Å². The molecule has 0 saturated heterocycles. The summed E-state index contributed by atoms with van der Waals surface area (Å²) >= 11 is 0.359. The van der Waals surface area contributed by atoms with Gasteiger partial charge in [0, 0.05) is 35.0 Å². The summed E-state index contributed by atoms with van der Waals surface area (Å²) in [6.45, 7) is 3.50. The van der Waals surface area contributed by atoms with Crippen molar-refractivity contribution in [3.8, 4) is 0 Å². The van der Waals surface area contributed by atoms with Crippen LogP contribution in [0.3, 0.4) is 0 Å². The maximum atomic E-state index is 11.1. The molecule has 4 heteroatoms. The zero-order valence-corrected chi connectivity index (χ0v) is 6.95. The van der Waals surface area contributed by atoms with Crippen molar-refractivity contribution in [2.24, 2.45) is 0 Å². The first kappa shape index (κ1) is 7.78. The lowest BCUT2D eigenvalue weighted by Gasteiger charge is -2.02. The highest BCUT2D eigenvalue weighted by atomic mass is 32.2. The first-order valence-electron chi connectivity index (χ1n) is 2.74. The molecule has 1 aromatic rings. The van der Waals surface area contributed by atoms with Crippen LogP contribution in [0.1, 0.15) is 0 Å². The van der Waals surface area contributed by atoms with Crippen molar-refractivity contribution >= 4 is 22.7 Å². The van der Waals surface area contributed by atoms with E-state index in [4.69, 9.17) is 0 Å². The third-order valence-electron chi connectivity index (χ3n) is 0.908. The molecule has 0 amide bonds. The summed E-state index contributed by atoms with van der Waals surface area (Å²) in [6, 6.07) is 1.77. The van der Waals surface area contributed by atoms with Crippen LogP contribution >= 0.6 is 11.5 Å². The second kappa shape index (κ2) is 3.75. The van der Waals surface area contributed by atoms with Gasteiger partial charge in [-0.3, -0.25) is 0 Å². The van der Waals surface area contributed by atoms with Gasteiger partial charge in [0.15, 0.2) is 0 Å². The van der Waals surface area contributed by atoms with E-state index >= 15 is 0 Å². The standard InChI is InChI=1S/C6H7NOS2/c1-2-5-10(8)6-3-4-7-9-6/h2-4H,1,5H2. The SMILES string of the molecule is C=CC[S+]([O-])c1ccns1. The molecule has 0 spiro atoms. The maximum Gasteiger partial charge on any atom is 0.226 e. The highest BCUT2D eigenvalue weighted by Crippen LogP contribution is 2.14. The Hall–Kier alpha value is -0.320. The van der Waals surface area contributed by atoms with Crippen molar-refractivity contribution in [3.63, 3.8) is 0 Å². The molecule has 0 radical (unpaired) electrons. The lowest BCUT2D eigenvalue weighted by molar-refractivity contribution is 0.600. The van der Waals surface area contributed by atoms with Gasteiger partial charge in [-0.2, -0.15) is 4.37 Å². The maximum absolute atomic E-state index is 11.1. The lowest BCUT2D eigenvalue weighted by atomic mass is 10.8. The third kappa shape index (κ3) is 1.83. The summed E-state index contributed by atoms with van der Waals surface area (Å²) in [5.41, 5.74) is 0. The van der Waals surface area contributed by atoms with Crippen LogP contribution < -0.4 is 0 Å². The number of hydrogen-bond donors (Lipinski definition) is 0. The molecule has 54 valence electrons. The average Bonchev–Trinajstić information content (AvgIpc) is 2.38. The first-order chi connectivity index (χ1) is 4.84.